The number of hydrogen-bond acceptors (Lipinski definition) is 2. The molecule has 2 N–H and O–H groups in total. The molecule has 2 heteroatoms. The van der Waals surface area contributed by atoms with Crippen LogP contribution in [-0.4, -0.2) is 0 Å². The zero-order valence-electron chi connectivity index (χ0n) is 10.6. The molecule has 0 spiro atoms. The number of ether oxygens (including phenoxy) is 1. The SMILES string of the molecule is Cc1ccc(N)c(Oc2ccc3c(c2)CCC3)c1. The Morgan fingerprint density at radius 3 is 2.72 bits per heavy atom. The van der Waals surface area contributed by atoms with Crippen molar-refractivity contribution >= 4 is 5.69 Å². The van der Waals surface area contributed by atoms with Crippen molar-refractivity contribution < 1.29 is 4.74 Å². The van der Waals surface area contributed by atoms with Gasteiger partial charge >= 0.3 is 0 Å². The van der Waals surface area contributed by atoms with E-state index in [-0.39, 0.29) is 0 Å². The first kappa shape index (κ1) is 11.1. The normalized spacial score (nSPS) is 13.4. The van der Waals surface area contributed by atoms with Crippen molar-refractivity contribution in [2.45, 2.75) is 26.2 Å². The van der Waals surface area contributed by atoms with Gasteiger partial charge in [0.15, 0.2) is 5.75 Å². The third kappa shape index (κ3) is 2.06. The molecule has 92 valence electrons. The van der Waals surface area contributed by atoms with Crippen LogP contribution in [0.5, 0.6) is 11.5 Å². The average Bonchev–Trinajstić information content (AvgIpc) is 2.81. The van der Waals surface area contributed by atoms with Crippen LogP contribution in [0.3, 0.4) is 0 Å². The van der Waals surface area contributed by atoms with Gasteiger partial charge in [-0.2, -0.15) is 0 Å². The van der Waals surface area contributed by atoms with E-state index >= 15 is 0 Å². The van der Waals surface area contributed by atoms with Gasteiger partial charge in [0.05, 0.1) is 5.69 Å². The first-order valence-corrected chi connectivity index (χ1v) is 6.38. The molecule has 0 fully saturated rings. The van der Waals surface area contributed by atoms with Crippen molar-refractivity contribution in [1.29, 1.82) is 0 Å². The van der Waals surface area contributed by atoms with E-state index in [0.29, 0.717) is 5.69 Å². The highest BCUT2D eigenvalue weighted by Crippen LogP contribution is 2.31. The molecule has 0 atom stereocenters. The fraction of sp³-hybridized carbons (Fsp3) is 0.250. The number of benzene rings is 2. The van der Waals surface area contributed by atoms with Gasteiger partial charge < -0.3 is 10.5 Å². The molecule has 1 aliphatic rings. The van der Waals surface area contributed by atoms with Crippen LogP contribution in [0.2, 0.25) is 0 Å². The first-order chi connectivity index (χ1) is 8.72. The maximum Gasteiger partial charge on any atom is 0.150 e. The van der Waals surface area contributed by atoms with Crippen LogP contribution >= 0.6 is 0 Å². The van der Waals surface area contributed by atoms with Gasteiger partial charge in [0.25, 0.3) is 0 Å². The predicted octanol–water partition coefficient (Wildman–Crippen LogP) is 3.86. The average molecular weight is 239 g/mol. The highest BCUT2D eigenvalue weighted by molar-refractivity contribution is 5.55. The number of rotatable bonds is 2. The maximum absolute atomic E-state index is 5.93. The smallest absolute Gasteiger partial charge is 0.150 e. The minimum Gasteiger partial charge on any atom is -0.455 e. The second-order valence-corrected chi connectivity index (χ2v) is 4.93. The van der Waals surface area contributed by atoms with E-state index in [2.05, 4.69) is 12.1 Å². The van der Waals surface area contributed by atoms with Gasteiger partial charge in [-0.15, -0.1) is 0 Å². The lowest BCUT2D eigenvalue weighted by atomic mass is 10.1. The quantitative estimate of drug-likeness (QED) is 0.808. The first-order valence-electron chi connectivity index (χ1n) is 6.38. The van der Waals surface area contributed by atoms with Crippen LogP contribution < -0.4 is 10.5 Å². The summed E-state index contributed by atoms with van der Waals surface area (Å²) in [5.41, 5.74) is 10.6. The molecule has 0 amide bonds. The van der Waals surface area contributed by atoms with Gasteiger partial charge in [0.2, 0.25) is 0 Å². The minimum atomic E-state index is 0.682. The number of hydrogen-bond donors (Lipinski definition) is 1. The fourth-order valence-electron chi connectivity index (χ4n) is 2.47. The summed E-state index contributed by atoms with van der Waals surface area (Å²) in [5.74, 6) is 1.63. The molecule has 2 aromatic carbocycles. The van der Waals surface area contributed by atoms with Crippen molar-refractivity contribution in [3.8, 4) is 11.5 Å². The van der Waals surface area contributed by atoms with Gasteiger partial charge in [0, 0.05) is 0 Å². The van der Waals surface area contributed by atoms with Gasteiger partial charge in [-0.3, -0.25) is 0 Å². The number of nitrogens with two attached hydrogens (primary N) is 1. The predicted molar refractivity (Wildman–Crippen MR) is 74.1 cm³/mol. The third-order valence-corrected chi connectivity index (χ3v) is 3.47. The Bertz CT molecular complexity index is 590. The summed E-state index contributed by atoms with van der Waals surface area (Å²) in [6.07, 6.45) is 3.61. The van der Waals surface area contributed by atoms with Crippen molar-refractivity contribution in [1.82, 2.24) is 0 Å². The largest absolute Gasteiger partial charge is 0.455 e. The maximum atomic E-state index is 5.93. The molecule has 0 unspecified atom stereocenters. The lowest BCUT2D eigenvalue weighted by molar-refractivity contribution is 0.484. The van der Waals surface area contributed by atoms with E-state index in [9.17, 15) is 0 Å². The standard InChI is InChI=1S/C16H17NO/c1-11-5-8-15(17)16(9-11)18-14-7-6-12-3-2-4-13(12)10-14/h5-10H,2-4,17H2,1H3. The highest BCUT2D eigenvalue weighted by Gasteiger charge is 2.12. The zero-order valence-corrected chi connectivity index (χ0v) is 10.6. The van der Waals surface area contributed by atoms with Gasteiger partial charge in [0.1, 0.15) is 5.75 Å². The molecular formula is C16H17NO. The number of anilines is 1. The molecule has 2 nitrogen and oxygen atoms in total. The number of aryl methyl sites for hydroxylation is 3. The highest BCUT2D eigenvalue weighted by atomic mass is 16.5. The molecule has 18 heavy (non-hydrogen) atoms. The van der Waals surface area contributed by atoms with E-state index in [1.165, 1.54) is 24.0 Å². The topological polar surface area (TPSA) is 35.2 Å². The Morgan fingerprint density at radius 1 is 1.00 bits per heavy atom. The summed E-state index contributed by atoms with van der Waals surface area (Å²) >= 11 is 0. The molecular weight excluding hydrogens is 222 g/mol. The Balaban J connectivity index is 1.90. The summed E-state index contributed by atoms with van der Waals surface area (Å²) < 4.78 is 5.89. The van der Waals surface area contributed by atoms with Crippen LogP contribution in [0.25, 0.3) is 0 Å². The summed E-state index contributed by atoms with van der Waals surface area (Å²) in [7, 11) is 0. The summed E-state index contributed by atoms with van der Waals surface area (Å²) in [4.78, 5) is 0. The zero-order chi connectivity index (χ0) is 12.5. The van der Waals surface area contributed by atoms with Crippen molar-refractivity contribution in [3.05, 3.63) is 53.1 Å². The van der Waals surface area contributed by atoms with Crippen molar-refractivity contribution in [2.24, 2.45) is 0 Å². The molecule has 0 radical (unpaired) electrons. The summed E-state index contributed by atoms with van der Waals surface area (Å²) in [5, 5.41) is 0. The number of fused-ring (bicyclic) bond motifs is 1. The van der Waals surface area contributed by atoms with Gasteiger partial charge in [-0.1, -0.05) is 12.1 Å². The molecule has 0 bridgehead atoms. The van der Waals surface area contributed by atoms with Crippen LogP contribution in [-0.2, 0) is 12.8 Å². The molecule has 1 aliphatic carbocycles. The Kier molecular flexibility index (Phi) is 2.71. The number of nitrogen functional groups attached to an aromatic ring is 1. The molecule has 0 aliphatic heterocycles. The molecule has 0 saturated heterocycles. The van der Waals surface area contributed by atoms with Gasteiger partial charge in [-0.25, -0.2) is 0 Å². The second-order valence-electron chi connectivity index (χ2n) is 4.93. The fourth-order valence-corrected chi connectivity index (χ4v) is 2.47. The van der Waals surface area contributed by atoms with Crippen LogP contribution in [0.15, 0.2) is 36.4 Å². The van der Waals surface area contributed by atoms with Crippen LogP contribution in [0.4, 0.5) is 5.69 Å². The van der Waals surface area contributed by atoms with E-state index in [0.717, 1.165) is 23.5 Å². The summed E-state index contributed by atoms with van der Waals surface area (Å²) in [6, 6.07) is 12.2. The lowest BCUT2D eigenvalue weighted by Gasteiger charge is -2.10. The van der Waals surface area contributed by atoms with E-state index in [4.69, 9.17) is 10.5 Å². The molecule has 0 aromatic heterocycles. The van der Waals surface area contributed by atoms with Crippen molar-refractivity contribution in [3.63, 3.8) is 0 Å². The summed E-state index contributed by atoms with van der Waals surface area (Å²) in [6.45, 7) is 2.04. The second kappa shape index (κ2) is 4.37. The van der Waals surface area contributed by atoms with E-state index in [1.54, 1.807) is 0 Å². The Morgan fingerprint density at radius 2 is 1.83 bits per heavy atom. The van der Waals surface area contributed by atoms with E-state index < -0.39 is 0 Å². The Hall–Kier alpha value is -1.96. The molecule has 0 heterocycles. The van der Waals surface area contributed by atoms with Crippen LogP contribution in [0.1, 0.15) is 23.1 Å². The monoisotopic (exact) mass is 239 g/mol. The molecule has 2 aromatic rings. The van der Waals surface area contributed by atoms with Crippen molar-refractivity contribution in [2.75, 3.05) is 5.73 Å². The van der Waals surface area contributed by atoms with Gasteiger partial charge in [-0.05, 0) is 67.1 Å². The minimum absolute atomic E-state index is 0.682. The third-order valence-electron chi connectivity index (χ3n) is 3.47. The van der Waals surface area contributed by atoms with E-state index in [1.807, 2.05) is 31.2 Å². The van der Waals surface area contributed by atoms with Crippen LogP contribution in [0, 0.1) is 6.92 Å². The Labute approximate surface area is 107 Å². The lowest BCUT2D eigenvalue weighted by Crippen LogP contribution is -1.93. The molecule has 3 rings (SSSR count). The molecule has 0 saturated carbocycles.